The number of hydrogen-bond donors (Lipinski definition) is 0. The Bertz CT molecular complexity index is 398. The van der Waals surface area contributed by atoms with Crippen molar-refractivity contribution in [3.05, 3.63) is 60.2 Å². The highest BCUT2D eigenvalue weighted by molar-refractivity contribution is 5.11. The van der Waals surface area contributed by atoms with Gasteiger partial charge in [-0.05, 0) is 42.5 Å². The minimum atomic E-state index is 0.661. The molecular weight excluding hydrogens is 220 g/mol. The fourth-order valence-corrected chi connectivity index (χ4v) is 2.35. The molecule has 1 unspecified atom stereocenters. The maximum Gasteiger partial charge on any atom is 0.0406 e. The molecule has 0 bridgehead atoms. The van der Waals surface area contributed by atoms with Crippen molar-refractivity contribution < 1.29 is 0 Å². The van der Waals surface area contributed by atoms with Gasteiger partial charge in [-0.3, -0.25) is 9.97 Å². The summed E-state index contributed by atoms with van der Waals surface area (Å²) in [5, 5.41) is 0. The summed E-state index contributed by atoms with van der Waals surface area (Å²) in [6, 6.07) is 10.3. The van der Waals surface area contributed by atoms with Gasteiger partial charge in [-0.15, -0.1) is 0 Å². The zero-order chi connectivity index (χ0) is 12.6. The summed E-state index contributed by atoms with van der Waals surface area (Å²) < 4.78 is 0. The minimum absolute atomic E-state index is 0.661. The van der Waals surface area contributed by atoms with Gasteiger partial charge in [-0.2, -0.15) is 0 Å². The Kier molecular flexibility index (Phi) is 4.88. The van der Waals surface area contributed by atoms with E-state index in [1.807, 2.05) is 30.7 Å². The second kappa shape index (κ2) is 6.90. The first-order valence-electron chi connectivity index (χ1n) is 6.67. The second-order valence-corrected chi connectivity index (χ2v) is 4.75. The summed E-state index contributed by atoms with van der Waals surface area (Å²) in [6.07, 6.45) is 10.3. The van der Waals surface area contributed by atoms with Gasteiger partial charge in [-0.25, -0.2) is 0 Å². The van der Waals surface area contributed by atoms with Gasteiger partial charge in [0.05, 0.1) is 0 Å². The molecule has 0 aliphatic carbocycles. The van der Waals surface area contributed by atoms with E-state index in [2.05, 4.69) is 35.1 Å². The molecule has 0 aromatic carbocycles. The summed E-state index contributed by atoms with van der Waals surface area (Å²) in [5.74, 6) is 0.661. The van der Waals surface area contributed by atoms with E-state index in [4.69, 9.17) is 0 Å². The average molecular weight is 240 g/mol. The van der Waals surface area contributed by atoms with Crippen molar-refractivity contribution in [1.29, 1.82) is 0 Å². The highest BCUT2D eigenvalue weighted by Gasteiger charge is 2.10. The minimum Gasteiger partial charge on any atom is -0.264 e. The van der Waals surface area contributed by atoms with Gasteiger partial charge in [0, 0.05) is 24.3 Å². The molecule has 2 rings (SSSR count). The molecular formula is C16H20N2. The topological polar surface area (TPSA) is 25.8 Å². The largest absolute Gasteiger partial charge is 0.264 e. The lowest BCUT2D eigenvalue weighted by molar-refractivity contribution is 0.469. The molecule has 2 heterocycles. The van der Waals surface area contributed by atoms with Crippen LogP contribution < -0.4 is 0 Å². The quantitative estimate of drug-likeness (QED) is 0.769. The smallest absolute Gasteiger partial charge is 0.0406 e. The Balaban J connectivity index is 2.00. The summed E-state index contributed by atoms with van der Waals surface area (Å²) in [5.41, 5.74) is 2.52. The molecule has 0 aliphatic rings. The van der Waals surface area contributed by atoms with Crippen LogP contribution in [0, 0.1) is 5.92 Å². The predicted octanol–water partition coefficient (Wildman–Crippen LogP) is 3.68. The molecule has 0 saturated heterocycles. The fourth-order valence-electron chi connectivity index (χ4n) is 2.35. The number of pyridine rings is 2. The summed E-state index contributed by atoms with van der Waals surface area (Å²) in [4.78, 5) is 8.62. The maximum absolute atomic E-state index is 4.43. The first kappa shape index (κ1) is 12.7. The van der Waals surface area contributed by atoms with Gasteiger partial charge in [0.1, 0.15) is 0 Å². The fraction of sp³-hybridized carbons (Fsp3) is 0.375. The number of nitrogens with zero attached hydrogens (tertiary/aromatic N) is 2. The lowest BCUT2D eigenvalue weighted by atomic mass is 9.91. The van der Waals surface area contributed by atoms with E-state index in [9.17, 15) is 0 Å². The van der Waals surface area contributed by atoms with Gasteiger partial charge in [0.25, 0.3) is 0 Å². The molecule has 1 atom stereocenters. The molecule has 2 aromatic heterocycles. The highest BCUT2D eigenvalue weighted by atomic mass is 14.7. The van der Waals surface area contributed by atoms with E-state index in [0.717, 1.165) is 12.8 Å². The molecule has 2 aromatic rings. The molecule has 18 heavy (non-hydrogen) atoms. The summed E-state index contributed by atoms with van der Waals surface area (Å²) in [6.45, 7) is 2.24. The predicted molar refractivity (Wildman–Crippen MR) is 74.3 cm³/mol. The van der Waals surface area contributed by atoms with Gasteiger partial charge < -0.3 is 0 Å². The van der Waals surface area contributed by atoms with Crippen LogP contribution in [-0.2, 0) is 12.8 Å². The zero-order valence-corrected chi connectivity index (χ0v) is 10.9. The van der Waals surface area contributed by atoms with Crippen LogP contribution in [0.4, 0.5) is 0 Å². The van der Waals surface area contributed by atoms with E-state index in [-0.39, 0.29) is 0 Å². The van der Waals surface area contributed by atoms with Gasteiger partial charge >= 0.3 is 0 Å². The third kappa shape index (κ3) is 3.95. The molecule has 0 saturated carbocycles. The Morgan fingerprint density at radius 1 is 1.06 bits per heavy atom. The monoisotopic (exact) mass is 240 g/mol. The molecule has 0 aliphatic heterocycles. The van der Waals surface area contributed by atoms with Crippen LogP contribution in [0.2, 0.25) is 0 Å². The standard InChI is InChI=1S/C16H20N2/c1-2-6-14(11-15-7-5-9-17-13-15)12-16-8-3-4-10-18-16/h3-5,7-10,13-14H,2,6,11-12H2,1H3. The third-order valence-corrected chi connectivity index (χ3v) is 3.17. The lowest BCUT2D eigenvalue weighted by Gasteiger charge is -2.15. The van der Waals surface area contributed by atoms with E-state index in [0.29, 0.717) is 5.92 Å². The van der Waals surface area contributed by atoms with Gasteiger partial charge in [0.2, 0.25) is 0 Å². The van der Waals surface area contributed by atoms with Crippen LogP contribution >= 0.6 is 0 Å². The molecule has 0 fully saturated rings. The second-order valence-electron chi connectivity index (χ2n) is 4.75. The van der Waals surface area contributed by atoms with E-state index in [1.165, 1.54) is 24.1 Å². The first-order chi connectivity index (χ1) is 8.88. The van der Waals surface area contributed by atoms with E-state index in [1.54, 1.807) is 0 Å². The summed E-state index contributed by atoms with van der Waals surface area (Å²) in [7, 11) is 0. The van der Waals surface area contributed by atoms with Crippen molar-refractivity contribution in [3.63, 3.8) is 0 Å². The van der Waals surface area contributed by atoms with Crippen molar-refractivity contribution in [2.24, 2.45) is 5.92 Å². The van der Waals surface area contributed by atoms with Gasteiger partial charge in [0.15, 0.2) is 0 Å². The van der Waals surface area contributed by atoms with E-state index >= 15 is 0 Å². The SMILES string of the molecule is CCCC(Cc1cccnc1)Cc1ccccn1. The number of hydrogen-bond acceptors (Lipinski definition) is 2. The van der Waals surface area contributed by atoms with Crippen molar-refractivity contribution in [1.82, 2.24) is 9.97 Å². The van der Waals surface area contributed by atoms with Crippen LogP contribution in [0.25, 0.3) is 0 Å². The third-order valence-electron chi connectivity index (χ3n) is 3.17. The molecule has 0 radical (unpaired) electrons. The number of rotatable bonds is 6. The van der Waals surface area contributed by atoms with Crippen molar-refractivity contribution >= 4 is 0 Å². The normalized spacial score (nSPS) is 12.3. The molecule has 2 heteroatoms. The highest BCUT2D eigenvalue weighted by Crippen LogP contribution is 2.17. The van der Waals surface area contributed by atoms with Gasteiger partial charge in [-0.1, -0.05) is 31.9 Å². The van der Waals surface area contributed by atoms with Crippen molar-refractivity contribution in [3.8, 4) is 0 Å². The van der Waals surface area contributed by atoms with Crippen LogP contribution in [-0.4, -0.2) is 9.97 Å². The van der Waals surface area contributed by atoms with Crippen molar-refractivity contribution in [2.75, 3.05) is 0 Å². The average Bonchev–Trinajstić information content (AvgIpc) is 2.41. The van der Waals surface area contributed by atoms with Crippen LogP contribution in [0.15, 0.2) is 48.9 Å². The molecule has 94 valence electrons. The van der Waals surface area contributed by atoms with E-state index < -0.39 is 0 Å². The maximum atomic E-state index is 4.43. The summed E-state index contributed by atoms with van der Waals surface area (Å²) >= 11 is 0. The first-order valence-corrected chi connectivity index (χ1v) is 6.67. The molecule has 0 spiro atoms. The Morgan fingerprint density at radius 3 is 2.67 bits per heavy atom. The molecule has 2 nitrogen and oxygen atoms in total. The Hall–Kier alpha value is -1.70. The Morgan fingerprint density at radius 2 is 2.00 bits per heavy atom. The molecule has 0 amide bonds. The van der Waals surface area contributed by atoms with Crippen LogP contribution in [0.5, 0.6) is 0 Å². The van der Waals surface area contributed by atoms with Crippen LogP contribution in [0.1, 0.15) is 31.0 Å². The van der Waals surface area contributed by atoms with Crippen LogP contribution in [0.3, 0.4) is 0 Å². The number of aromatic nitrogens is 2. The van der Waals surface area contributed by atoms with Crippen molar-refractivity contribution in [2.45, 2.75) is 32.6 Å². The molecule has 0 N–H and O–H groups in total. The zero-order valence-electron chi connectivity index (χ0n) is 10.9. The lowest BCUT2D eigenvalue weighted by Crippen LogP contribution is -2.09. The Labute approximate surface area is 109 Å².